The minimum absolute atomic E-state index is 0.141. The maximum atomic E-state index is 14.5. The van der Waals surface area contributed by atoms with Crippen LogP contribution in [0.2, 0.25) is 0 Å². The molecule has 0 aliphatic carbocycles. The molecule has 0 fully saturated rings. The number of halogens is 2. The molecule has 2 aromatic carbocycles. The van der Waals surface area contributed by atoms with Gasteiger partial charge in [0, 0.05) is 22.6 Å². The second-order valence-electron chi connectivity index (χ2n) is 5.90. The number of anilines is 1. The van der Waals surface area contributed by atoms with Gasteiger partial charge < -0.3 is 14.4 Å². The van der Waals surface area contributed by atoms with E-state index in [0.717, 1.165) is 24.0 Å². The molecule has 1 heterocycles. The van der Waals surface area contributed by atoms with E-state index >= 15 is 0 Å². The van der Waals surface area contributed by atoms with E-state index < -0.39 is 0 Å². The second kappa shape index (κ2) is 7.44. The number of aryl methyl sites for hydroxylation is 1. The Kier molecular flexibility index (Phi) is 5.27. The molecule has 0 atom stereocenters. The van der Waals surface area contributed by atoms with Gasteiger partial charge in [-0.3, -0.25) is 4.79 Å². The fourth-order valence-corrected chi connectivity index (χ4v) is 3.63. The first-order valence-electron chi connectivity index (χ1n) is 8.02. The zero-order valence-corrected chi connectivity index (χ0v) is 15.7. The maximum Gasteiger partial charge on any atom is 0.231 e. The summed E-state index contributed by atoms with van der Waals surface area (Å²) in [5.41, 5.74) is 2.00. The molecule has 132 valence electrons. The Morgan fingerprint density at radius 3 is 2.76 bits per heavy atom. The smallest absolute Gasteiger partial charge is 0.231 e. The Balaban J connectivity index is 1.89. The third-order valence-corrected chi connectivity index (χ3v) is 4.80. The first-order chi connectivity index (χ1) is 12.0. The molecule has 6 heteroatoms. The Morgan fingerprint density at radius 1 is 1.24 bits per heavy atom. The molecule has 0 N–H and O–H groups in total. The summed E-state index contributed by atoms with van der Waals surface area (Å²) >= 11 is 3.31. The molecular formula is C19H19BrFNO3. The van der Waals surface area contributed by atoms with Crippen LogP contribution in [-0.2, 0) is 17.6 Å². The fourth-order valence-electron chi connectivity index (χ4n) is 3.16. The highest BCUT2D eigenvalue weighted by Crippen LogP contribution is 2.34. The first-order valence-corrected chi connectivity index (χ1v) is 8.82. The SMILES string of the molecule is COc1ccc(CC(=O)N2CCCc3cc(Br)cc(F)c32)c(OC)c1. The average Bonchev–Trinajstić information content (AvgIpc) is 2.61. The number of ether oxygens (including phenoxy) is 2. The highest BCUT2D eigenvalue weighted by Gasteiger charge is 2.27. The van der Waals surface area contributed by atoms with Crippen molar-refractivity contribution in [1.29, 1.82) is 0 Å². The summed E-state index contributed by atoms with van der Waals surface area (Å²) in [6, 6.07) is 8.61. The molecule has 1 amide bonds. The fraction of sp³-hybridized carbons (Fsp3) is 0.316. The van der Waals surface area contributed by atoms with Crippen molar-refractivity contribution in [3.63, 3.8) is 0 Å². The van der Waals surface area contributed by atoms with Crippen LogP contribution >= 0.6 is 15.9 Å². The van der Waals surface area contributed by atoms with Gasteiger partial charge in [0.1, 0.15) is 17.3 Å². The number of hydrogen-bond donors (Lipinski definition) is 0. The largest absolute Gasteiger partial charge is 0.497 e. The molecule has 2 aromatic rings. The monoisotopic (exact) mass is 407 g/mol. The van der Waals surface area contributed by atoms with Crippen LogP contribution in [0.1, 0.15) is 17.5 Å². The number of amides is 1. The van der Waals surface area contributed by atoms with E-state index in [9.17, 15) is 9.18 Å². The molecule has 0 saturated carbocycles. The topological polar surface area (TPSA) is 38.8 Å². The molecule has 25 heavy (non-hydrogen) atoms. The van der Waals surface area contributed by atoms with Crippen molar-refractivity contribution >= 4 is 27.5 Å². The van der Waals surface area contributed by atoms with Crippen molar-refractivity contribution < 1.29 is 18.7 Å². The summed E-state index contributed by atoms with van der Waals surface area (Å²) in [6.07, 6.45) is 1.72. The van der Waals surface area contributed by atoms with E-state index in [2.05, 4.69) is 15.9 Å². The van der Waals surface area contributed by atoms with Crippen LogP contribution in [0.15, 0.2) is 34.8 Å². The van der Waals surface area contributed by atoms with E-state index in [1.165, 1.54) is 6.07 Å². The molecule has 0 radical (unpaired) electrons. The summed E-state index contributed by atoms with van der Waals surface area (Å²) in [7, 11) is 3.13. The average molecular weight is 408 g/mol. The minimum atomic E-state index is -0.376. The Bertz CT molecular complexity index is 809. The van der Waals surface area contributed by atoms with E-state index in [0.29, 0.717) is 28.2 Å². The summed E-state index contributed by atoms with van der Waals surface area (Å²) in [5, 5.41) is 0. The lowest BCUT2D eigenvalue weighted by Gasteiger charge is -2.30. The number of hydrogen-bond acceptors (Lipinski definition) is 3. The van der Waals surface area contributed by atoms with Crippen LogP contribution < -0.4 is 14.4 Å². The molecule has 3 rings (SSSR count). The van der Waals surface area contributed by atoms with Crippen molar-refractivity contribution in [2.45, 2.75) is 19.3 Å². The van der Waals surface area contributed by atoms with E-state index in [1.807, 2.05) is 6.07 Å². The lowest BCUT2D eigenvalue weighted by Crippen LogP contribution is -2.37. The van der Waals surface area contributed by atoms with Crippen LogP contribution in [0.25, 0.3) is 0 Å². The van der Waals surface area contributed by atoms with E-state index in [-0.39, 0.29) is 18.1 Å². The van der Waals surface area contributed by atoms with Crippen LogP contribution in [0.5, 0.6) is 11.5 Å². The quantitative estimate of drug-likeness (QED) is 0.764. The van der Waals surface area contributed by atoms with Gasteiger partial charge >= 0.3 is 0 Å². The van der Waals surface area contributed by atoms with Crippen molar-refractivity contribution in [2.24, 2.45) is 0 Å². The number of nitrogens with zero attached hydrogens (tertiary/aromatic N) is 1. The van der Waals surface area contributed by atoms with Gasteiger partial charge in [-0.05, 0) is 36.6 Å². The van der Waals surface area contributed by atoms with Crippen molar-refractivity contribution in [1.82, 2.24) is 0 Å². The molecule has 4 nitrogen and oxygen atoms in total. The second-order valence-corrected chi connectivity index (χ2v) is 6.81. The van der Waals surface area contributed by atoms with Crippen molar-refractivity contribution in [3.05, 3.63) is 51.7 Å². The van der Waals surface area contributed by atoms with Gasteiger partial charge in [0.2, 0.25) is 5.91 Å². The van der Waals surface area contributed by atoms with Crippen molar-refractivity contribution in [2.75, 3.05) is 25.7 Å². The molecule has 0 unspecified atom stereocenters. The minimum Gasteiger partial charge on any atom is -0.497 e. The van der Waals surface area contributed by atoms with Crippen LogP contribution in [0, 0.1) is 5.82 Å². The molecule has 0 saturated heterocycles. The summed E-state index contributed by atoms with van der Waals surface area (Å²) in [4.78, 5) is 14.4. The Hall–Kier alpha value is -2.08. The maximum absolute atomic E-state index is 14.5. The van der Waals surface area contributed by atoms with Gasteiger partial charge in [0.25, 0.3) is 0 Å². The summed E-state index contributed by atoms with van der Waals surface area (Å²) in [6.45, 7) is 0.517. The van der Waals surface area contributed by atoms with E-state index in [4.69, 9.17) is 9.47 Å². The van der Waals surface area contributed by atoms with Gasteiger partial charge in [-0.15, -0.1) is 0 Å². The third kappa shape index (κ3) is 3.63. The highest BCUT2D eigenvalue weighted by atomic mass is 79.9. The Labute approximate surface area is 154 Å². The van der Waals surface area contributed by atoms with Crippen LogP contribution in [-0.4, -0.2) is 26.7 Å². The van der Waals surface area contributed by atoms with Gasteiger partial charge in [-0.25, -0.2) is 4.39 Å². The normalized spacial score (nSPS) is 13.4. The number of methoxy groups -OCH3 is 2. The zero-order chi connectivity index (χ0) is 18.0. The summed E-state index contributed by atoms with van der Waals surface area (Å²) < 4.78 is 25.7. The van der Waals surface area contributed by atoms with Crippen LogP contribution in [0.3, 0.4) is 0 Å². The van der Waals surface area contributed by atoms with Gasteiger partial charge in [-0.1, -0.05) is 22.0 Å². The number of benzene rings is 2. The van der Waals surface area contributed by atoms with Crippen LogP contribution in [0.4, 0.5) is 10.1 Å². The lowest BCUT2D eigenvalue weighted by molar-refractivity contribution is -0.118. The molecular weight excluding hydrogens is 389 g/mol. The predicted molar refractivity (Wildman–Crippen MR) is 98.0 cm³/mol. The molecule has 0 bridgehead atoms. The zero-order valence-electron chi connectivity index (χ0n) is 14.1. The van der Waals surface area contributed by atoms with Gasteiger partial charge in [0.05, 0.1) is 26.3 Å². The highest BCUT2D eigenvalue weighted by molar-refractivity contribution is 9.10. The number of fused-ring (bicyclic) bond motifs is 1. The standard InChI is InChI=1S/C19H19BrFNO3/c1-24-15-6-5-12(17(11-15)25-2)9-18(23)22-7-3-4-13-8-14(20)10-16(21)19(13)22/h5-6,8,10-11H,3-4,7,9H2,1-2H3. The third-order valence-electron chi connectivity index (χ3n) is 4.34. The van der Waals surface area contributed by atoms with E-state index in [1.54, 1.807) is 37.3 Å². The molecule has 0 aromatic heterocycles. The Morgan fingerprint density at radius 2 is 2.04 bits per heavy atom. The molecule has 1 aliphatic rings. The number of carbonyl (C=O) groups excluding carboxylic acids is 1. The number of carbonyl (C=O) groups is 1. The predicted octanol–water partition coefficient (Wildman–Crippen LogP) is 4.13. The van der Waals surface area contributed by atoms with Gasteiger partial charge in [-0.2, -0.15) is 0 Å². The molecule has 1 aliphatic heterocycles. The van der Waals surface area contributed by atoms with Crippen molar-refractivity contribution in [3.8, 4) is 11.5 Å². The lowest BCUT2D eigenvalue weighted by atomic mass is 10.00. The first kappa shape index (κ1) is 17.7. The molecule has 0 spiro atoms. The van der Waals surface area contributed by atoms with Gasteiger partial charge in [0.15, 0.2) is 0 Å². The summed E-state index contributed by atoms with van der Waals surface area (Å²) in [5.74, 6) is 0.721. The number of rotatable bonds is 4.